The monoisotopic (exact) mass is 485 g/mol. The zero-order valence-corrected chi connectivity index (χ0v) is 19.3. The molecule has 30 heavy (non-hydrogen) atoms. The predicted octanol–water partition coefficient (Wildman–Crippen LogP) is 4.79. The van der Waals surface area contributed by atoms with E-state index in [0.717, 1.165) is 35.8 Å². The molecule has 5 nitrogen and oxygen atoms in total. The number of pyridine rings is 1. The van der Waals surface area contributed by atoms with Gasteiger partial charge >= 0.3 is 0 Å². The van der Waals surface area contributed by atoms with E-state index >= 15 is 0 Å². The first kappa shape index (κ1) is 21.4. The van der Waals surface area contributed by atoms with E-state index in [1.165, 1.54) is 17.3 Å². The summed E-state index contributed by atoms with van der Waals surface area (Å²) in [6, 6.07) is 12.3. The van der Waals surface area contributed by atoms with Crippen LogP contribution in [0.5, 0.6) is 0 Å². The SMILES string of the molecule is CSc1nc(C2CC2)cc(C(=O)NCC2(c3cccc(Br)c3)CCOCC2)c1C#N. The van der Waals surface area contributed by atoms with Crippen molar-refractivity contribution in [1.82, 2.24) is 10.3 Å². The zero-order chi connectivity index (χ0) is 21.1. The van der Waals surface area contributed by atoms with Crippen molar-refractivity contribution >= 4 is 33.6 Å². The van der Waals surface area contributed by atoms with E-state index in [2.05, 4.69) is 44.4 Å². The second kappa shape index (κ2) is 9.09. The van der Waals surface area contributed by atoms with Gasteiger partial charge in [0.15, 0.2) is 0 Å². The van der Waals surface area contributed by atoms with Gasteiger partial charge in [-0.3, -0.25) is 4.79 Å². The molecule has 1 saturated carbocycles. The standard InChI is InChI=1S/C23H24BrN3O2S/c1-30-22-19(13-25)18(12-20(27-22)15-5-6-15)21(28)26-14-23(7-9-29-10-8-23)16-3-2-4-17(24)11-16/h2-4,11-12,15H,5-10,14H2,1H3,(H,26,28). The molecule has 7 heteroatoms. The Morgan fingerprint density at radius 2 is 2.13 bits per heavy atom. The van der Waals surface area contributed by atoms with Crippen LogP contribution in [0, 0.1) is 11.3 Å². The molecule has 1 aromatic carbocycles. The normalized spacial score (nSPS) is 17.9. The van der Waals surface area contributed by atoms with E-state index in [0.29, 0.717) is 41.8 Å². The summed E-state index contributed by atoms with van der Waals surface area (Å²) in [7, 11) is 0. The first-order chi connectivity index (χ1) is 14.6. The molecule has 156 valence electrons. The van der Waals surface area contributed by atoms with Crippen LogP contribution in [0.15, 0.2) is 39.8 Å². The molecule has 1 amide bonds. The zero-order valence-electron chi connectivity index (χ0n) is 16.9. The van der Waals surface area contributed by atoms with Gasteiger partial charge in [0.2, 0.25) is 0 Å². The van der Waals surface area contributed by atoms with Gasteiger partial charge in [-0.15, -0.1) is 11.8 Å². The highest BCUT2D eigenvalue weighted by molar-refractivity contribution is 9.10. The van der Waals surface area contributed by atoms with E-state index < -0.39 is 0 Å². The summed E-state index contributed by atoms with van der Waals surface area (Å²) in [6.45, 7) is 1.85. The van der Waals surface area contributed by atoms with Gasteiger partial charge in [0.25, 0.3) is 5.91 Å². The van der Waals surface area contributed by atoms with Crippen LogP contribution in [-0.4, -0.2) is 36.9 Å². The predicted molar refractivity (Wildman–Crippen MR) is 121 cm³/mol. The van der Waals surface area contributed by atoms with Gasteiger partial charge in [0.05, 0.1) is 11.1 Å². The molecule has 0 radical (unpaired) electrons. The fourth-order valence-electron chi connectivity index (χ4n) is 4.06. The van der Waals surface area contributed by atoms with Crippen LogP contribution in [0.4, 0.5) is 0 Å². The maximum atomic E-state index is 13.2. The van der Waals surface area contributed by atoms with Gasteiger partial charge in [-0.05, 0) is 55.7 Å². The minimum absolute atomic E-state index is 0.181. The number of thioether (sulfide) groups is 1. The average molecular weight is 486 g/mol. The van der Waals surface area contributed by atoms with Gasteiger partial charge in [0, 0.05) is 41.3 Å². The molecule has 1 N–H and O–H groups in total. The maximum Gasteiger partial charge on any atom is 0.252 e. The molecular weight excluding hydrogens is 462 g/mol. The number of benzene rings is 1. The van der Waals surface area contributed by atoms with E-state index in [1.807, 2.05) is 24.5 Å². The number of nitrogens with zero attached hydrogens (tertiary/aromatic N) is 2. The first-order valence-corrected chi connectivity index (χ1v) is 12.2. The third-order valence-electron chi connectivity index (χ3n) is 6.03. The van der Waals surface area contributed by atoms with Crippen molar-refractivity contribution in [2.45, 2.75) is 42.0 Å². The van der Waals surface area contributed by atoms with Gasteiger partial charge in [-0.1, -0.05) is 28.1 Å². The van der Waals surface area contributed by atoms with Crippen LogP contribution in [0.3, 0.4) is 0 Å². The Balaban J connectivity index is 1.61. The van der Waals surface area contributed by atoms with Crippen molar-refractivity contribution < 1.29 is 9.53 Å². The molecule has 1 aromatic heterocycles. The molecule has 2 fully saturated rings. The Bertz CT molecular complexity index is 994. The summed E-state index contributed by atoms with van der Waals surface area (Å²) < 4.78 is 6.63. The Hall–Kier alpha value is -1.88. The van der Waals surface area contributed by atoms with Crippen LogP contribution in [0.2, 0.25) is 0 Å². The molecule has 1 aliphatic heterocycles. The number of halogens is 1. The summed E-state index contributed by atoms with van der Waals surface area (Å²) in [4.78, 5) is 17.9. The Labute approximate surface area is 189 Å². The molecule has 0 atom stereocenters. The summed E-state index contributed by atoms with van der Waals surface area (Å²) in [5.41, 5.74) is 2.75. The summed E-state index contributed by atoms with van der Waals surface area (Å²) in [6.07, 6.45) is 5.77. The number of rotatable bonds is 6. The lowest BCUT2D eigenvalue weighted by Crippen LogP contribution is -2.44. The van der Waals surface area contributed by atoms with Crippen LogP contribution in [0.25, 0.3) is 0 Å². The number of carbonyl (C=O) groups excluding carboxylic acids is 1. The number of ether oxygens (including phenoxy) is 1. The Kier molecular flexibility index (Phi) is 6.47. The first-order valence-electron chi connectivity index (χ1n) is 10.2. The van der Waals surface area contributed by atoms with E-state index in [-0.39, 0.29) is 11.3 Å². The molecule has 0 bridgehead atoms. The molecule has 1 saturated heterocycles. The van der Waals surface area contributed by atoms with Crippen LogP contribution in [-0.2, 0) is 10.2 Å². The lowest BCUT2D eigenvalue weighted by atomic mass is 9.74. The highest BCUT2D eigenvalue weighted by Gasteiger charge is 2.36. The Morgan fingerprint density at radius 1 is 1.37 bits per heavy atom. The van der Waals surface area contributed by atoms with Gasteiger partial charge in [-0.2, -0.15) is 5.26 Å². The molecule has 0 spiro atoms. The number of carbonyl (C=O) groups is 1. The number of amides is 1. The quantitative estimate of drug-likeness (QED) is 0.595. The van der Waals surface area contributed by atoms with Crippen molar-refractivity contribution in [3.63, 3.8) is 0 Å². The maximum absolute atomic E-state index is 13.2. The van der Waals surface area contributed by atoms with E-state index in [9.17, 15) is 10.1 Å². The molecule has 4 rings (SSSR count). The van der Waals surface area contributed by atoms with Crippen molar-refractivity contribution in [1.29, 1.82) is 5.26 Å². The van der Waals surface area contributed by atoms with Crippen molar-refractivity contribution in [3.8, 4) is 6.07 Å². The molecule has 0 unspecified atom stereocenters. The Morgan fingerprint density at radius 3 is 2.77 bits per heavy atom. The smallest absolute Gasteiger partial charge is 0.252 e. The fourth-order valence-corrected chi connectivity index (χ4v) is 5.01. The number of nitriles is 1. The lowest BCUT2D eigenvalue weighted by Gasteiger charge is -2.38. The molecule has 1 aliphatic carbocycles. The molecule has 2 aromatic rings. The number of nitrogens with one attached hydrogen (secondary N) is 1. The second-order valence-corrected chi connectivity index (χ2v) is 9.66. The third kappa shape index (κ3) is 4.41. The van der Waals surface area contributed by atoms with Gasteiger partial charge < -0.3 is 10.1 Å². The molecule has 2 heterocycles. The minimum Gasteiger partial charge on any atom is -0.381 e. The topological polar surface area (TPSA) is 75.0 Å². The van der Waals surface area contributed by atoms with Crippen LogP contribution in [0.1, 0.15) is 58.8 Å². The van der Waals surface area contributed by atoms with Crippen molar-refractivity contribution in [3.05, 3.63) is 57.2 Å². The molecule has 2 aliphatic rings. The fraction of sp³-hybridized carbons (Fsp3) is 0.435. The molecular formula is C23H24BrN3O2S. The minimum atomic E-state index is -0.202. The summed E-state index contributed by atoms with van der Waals surface area (Å²) >= 11 is 4.99. The second-order valence-electron chi connectivity index (χ2n) is 7.95. The van der Waals surface area contributed by atoms with Gasteiger partial charge in [0.1, 0.15) is 11.1 Å². The van der Waals surface area contributed by atoms with Crippen LogP contribution >= 0.6 is 27.7 Å². The number of hydrogen-bond acceptors (Lipinski definition) is 5. The summed E-state index contributed by atoms with van der Waals surface area (Å²) in [5.74, 6) is 0.214. The summed E-state index contributed by atoms with van der Waals surface area (Å²) in [5, 5.41) is 13.5. The third-order valence-corrected chi connectivity index (χ3v) is 7.20. The average Bonchev–Trinajstić information content (AvgIpc) is 3.62. The van der Waals surface area contributed by atoms with Crippen LogP contribution < -0.4 is 5.32 Å². The van der Waals surface area contributed by atoms with Crippen molar-refractivity contribution in [2.24, 2.45) is 0 Å². The lowest BCUT2D eigenvalue weighted by molar-refractivity contribution is 0.0487. The highest BCUT2D eigenvalue weighted by Crippen LogP contribution is 2.41. The number of aromatic nitrogens is 1. The van der Waals surface area contributed by atoms with Gasteiger partial charge in [-0.25, -0.2) is 4.98 Å². The van der Waals surface area contributed by atoms with E-state index in [1.54, 1.807) is 0 Å². The largest absolute Gasteiger partial charge is 0.381 e. The van der Waals surface area contributed by atoms with Crippen molar-refractivity contribution in [2.75, 3.05) is 26.0 Å². The van der Waals surface area contributed by atoms with E-state index in [4.69, 9.17) is 4.74 Å². The number of hydrogen-bond donors (Lipinski definition) is 1. The highest BCUT2D eigenvalue weighted by atomic mass is 79.9.